The molecule has 4 nitrogen and oxygen atoms in total. The molecular weight excluding hydrogens is 475 g/mol. The van der Waals surface area contributed by atoms with Crippen LogP contribution in [0, 0.1) is 0 Å². The molecule has 5 rings (SSSR count). The predicted molar refractivity (Wildman–Crippen MR) is 118 cm³/mol. The fourth-order valence-electron chi connectivity index (χ4n) is 3.84. The lowest BCUT2D eigenvalue weighted by Gasteiger charge is -2.38. The molecule has 0 aromatic heterocycles. The minimum Gasteiger partial charge on any atom is -0.506 e. The third kappa shape index (κ3) is 3.27. The Kier molecular flexibility index (Phi) is 4.69. The zero-order chi connectivity index (χ0) is 20.1. The molecule has 1 N–H and O–H groups in total. The van der Waals surface area contributed by atoms with Crippen molar-refractivity contribution in [1.82, 2.24) is 5.01 Å². The van der Waals surface area contributed by atoms with Gasteiger partial charge in [0.2, 0.25) is 6.23 Å². The number of nitrogens with zero attached hydrogens (tertiary/aromatic N) is 2. The summed E-state index contributed by atoms with van der Waals surface area (Å²) < 4.78 is 7.25. The summed E-state index contributed by atoms with van der Waals surface area (Å²) in [5, 5.41) is 18.0. The summed E-state index contributed by atoms with van der Waals surface area (Å²) >= 11 is 15.9. The maximum Gasteiger partial charge on any atom is 0.217 e. The second kappa shape index (κ2) is 7.24. The number of phenols is 1. The van der Waals surface area contributed by atoms with Crippen LogP contribution in [0.25, 0.3) is 0 Å². The van der Waals surface area contributed by atoms with Crippen LogP contribution in [0.1, 0.15) is 35.4 Å². The molecule has 29 heavy (non-hydrogen) atoms. The Hall–Kier alpha value is -2.21. The molecule has 2 aliphatic heterocycles. The van der Waals surface area contributed by atoms with E-state index in [-0.39, 0.29) is 16.8 Å². The van der Waals surface area contributed by atoms with E-state index in [9.17, 15) is 5.11 Å². The van der Waals surface area contributed by atoms with Crippen molar-refractivity contribution in [1.29, 1.82) is 0 Å². The Balaban J connectivity index is 1.66. The van der Waals surface area contributed by atoms with E-state index in [1.54, 1.807) is 6.07 Å². The third-order valence-corrected chi connectivity index (χ3v) is 6.18. The number of hydrogen-bond acceptors (Lipinski definition) is 4. The molecule has 146 valence electrons. The van der Waals surface area contributed by atoms with Gasteiger partial charge in [-0.2, -0.15) is 5.10 Å². The van der Waals surface area contributed by atoms with Crippen molar-refractivity contribution in [3.63, 3.8) is 0 Å². The molecule has 0 saturated heterocycles. The number of phenolic OH excluding ortho intramolecular Hbond substituents is 1. The molecule has 0 amide bonds. The van der Waals surface area contributed by atoms with Crippen LogP contribution in [0.15, 0.2) is 70.2 Å². The first-order valence-electron chi connectivity index (χ1n) is 9.06. The standard InChI is InChI=1S/C22H15BrCl2N2O2/c23-13-6-7-20-15(8-13)19-11-18(12-4-2-1-3-5-12)26-27(19)22(29-20)16-9-14(24)10-17(25)21(16)28/h1-10,19,22,28H,11H2/t19-,22-/m1/s1. The van der Waals surface area contributed by atoms with Crippen LogP contribution in [0.4, 0.5) is 0 Å². The van der Waals surface area contributed by atoms with Gasteiger partial charge in [0.1, 0.15) is 11.5 Å². The van der Waals surface area contributed by atoms with Gasteiger partial charge in [-0.05, 0) is 35.9 Å². The van der Waals surface area contributed by atoms with Crippen LogP contribution in [0.5, 0.6) is 11.5 Å². The quantitative estimate of drug-likeness (QED) is 0.435. The normalized spacial score (nSPS) is 20.0. The zero-order valence-corrected chi connectivity index (χ0v) is 18.1. The molecule has 0 aliphatic carbocycles. The zero-order valence-electron chi connectivity index (χ0n) is 15.0. The van der Waals surface area contributed by atoms with Crippen molar-refractivity contribution in [2.45, 2.75) is 18.7 Å². The lowest BCUT2D eigenvalue weighted by atomic mass is 9.96. The lowest BCUT2D eigenvalue weighted by molar-refractivity contribution is -0.0203. The van der Waals surface area contributed by atoms with E-state index in [1.807, 2.05) is 47.5 Å². The van der Waals surface area contributed by atoms with E-state index in [0.717, 1.165) is 33.5 Å². The summed E-state index contributed by atoms with van der Waals surface area (Å²) in [5.74, 6) is 0.697. The Bertz CT molecular complexity index is 1140. The van der Waals surface area contributed by atoms with E-state index in [2.05, 4.69) is 22.0 Å². The maximum absolute atomic E-state index is 10.6. The van der Waals surface area contributed by atoms with Crippen molar-refractivity contribution < 1.29 is 9.84 Å². The number of ether oxygens (including phenoxy) is 1. The smallest absolute Gasteiger partial charge is 0.217 e. The Morgan fingerprint density at radius 1 is 1.03 bits per heavy atom. The van der Waals surface area contributed by atoms with Gasteiger partial charge in [-0.1, -0.05) is 69.5 Å². The molecule has 2 atom stereocenters. The topological polar surface area (TPSA) is 45.1 Å². The Labute approximate surface area is 186 Å². The minimum absolute atomic E-state index is 0.0337. The van der Waals surface area contributed by atoms with Gasteiger partial charge < -0.3 is 9.84 Å². The Morgan fingerprint density at radius 3 is 2.62 bits per heavy atom. The molecule has 3 aromatic rings. The first-order valence-corrected chi connectivity index (χ1v) is 10.6. The second-order valence-electron chi connectivity index (χ2n) is 6.99. The van der Waals surface area contributed by atoms with E-state index in [0.29, 0.717) is 10.6 Å². The van der Waals surface area contributed by atoms with E-state index in [1.165, 1.54) is 6.07 Å². The molecule has 3 aromatic carbocycles. The minimum atomic E-state index is -0.647. The van der Waals surface area contributed by atoms with E-state index in [4.69, 9.17) is 33.0 Å². The van der Waals surface area contributed by atoms with Gasteiger partial charge in [-0.25, -0.2) is 5.01 Å². The highest BCUT2D eigenvalue weighted by Crippen LogP contribution is 2.50. The highest BCUT2D eigenvalue weighted by molar-refractivity contribution is 9.10. The molecule has 0 fully saturated rings. The second-order valence-corrected chi connectivity index (χ2v) is 8.75. The average Bonchev–Trinajstić information content (AvgIpc) is 3.17. The van der Waals surface area contributed by atoms with Crippen molar-refractivity contribution in [2.75, 3.05) is 0 Å². The third-order valence-electron chi connectivity index (χ3n) is 5.18. The van der Waals surface area contributed by atoms with Crippen molar-refractivity contribution in [2.24, 2.45) is 5.10 Å². The number of halogens is 3. The maximum atomic E-state index is 10.6. The predicted octanol–water partition coefficient (Wildman–Crippen LogP) is 6.70. The number of benzene rings is 3. The van der Waals surface area contributed by atoms with Gasteiger partial charge in [0, 0.05) is 21.5 Å². The SMILES string of the molecule is Oc1c(Cl)cc(Cl)cc1[C@H]1Oc2ccc(Br)cc2[C@H]2CC(c3ccccc3)=NN21. The monoisotopic (exact) mass is 488 g/mol. The van der Waals surface area contributed by atoms with Crippen molar-refractivity contribution >= 4 is 44.8 Å². The molecule has 2 aliphatic rings. The molecule has 0 bridgehead atoms. The lowest BCUT2D eigenvalue weighted by Crippen LogP contribution is -2.33. The molecule has 0 spiro atoms. The molecule has 0 saturated carbocycles. The summed E-state index contributed by atoms with van der Waals surface area (Å²) in [4.78, 5) is 0. The Morgan fingerprint density at radius 2 is 1.83 bits per heavy atom. The first kappa shape index (κ1) is 18.8. The summed E-state index contributed by atoms with van der Waals surface area (Å²) in [6, 6.07) is 19.1. The highest BCUT2D eigenvalue weighted by atomic mass is 79.9. The fourth-order valence-corrected chi connectivity index (χ4v) is 4.73. The van der Waals surface area contributed by atoms with Crippen molar-refractivity contribution in [3.05, 3.63) is 91.9 Å². The first-order chi connectivity index (χ1) is 14.0. The van der Waals surface area contributed by atoms with Crippen LogP contribution in [-0.4, -0.2) is 15.8 Å². The van der Waals surface area contributed by atoms with Crippen LogP contribution >= 0.6 is 39.1 Å². The molecule has 2 heterocycles. The molecule has 0 radical (unpaired) electrons. The van der Waals surface area contributed by atoms with Crippen molar-refractivity contribution in [3.8, 4) is 11.5 Å². The van der Waals surface area contributed by atoms with Gasteiger partial charge >= 0.3 is 0 Å². The molecule has 0 unspecified atom stereocenters. The van der Waals surface area contributed by atoms with E-state index < -0.39 is 6.23 Å². The summed E-state index contributed by atoms with van der Waals surface area (Å²) in [6.07, 6.45) is 0.0774. The summed E-state index contributed by atoms with van der Waals surface area (Å²) in [5.41, 5.74) is 3.55. The van der Waals surface area contributed by atoms with Crippen LogP contribution in [-0.2, 0) is 0 Å². The molecular formula is C22H15BrCl2N2O2. The largest absolute Gasteiger partial charge is 0.506 e. The van der Waals surface area contributed by atoms with Gasteiger partial charge in [0.25, 0.3) is 0 Å². The van der Waals surface area contributed by atoms with Crippen LogP contribution in [0.3, 0.4) is 0 Å². The van der Waals surface area contributed by atoms with Crippen LogP contribution in [0.2, 0.25) is 10.0 Å². The number of hydrazone groups is 1. The number of aromatic hydroxyl groups is 1. The van der Waals surface area contributed by atoms with Gasteiger partial charge in [0.15, 0.2) is 0 Å². The summed E-state index contributed by atoms with van der Waals surface area (Å²) in [7, 11) is 0. The number of rotatable bonds is 2. The highest BCUT2D eigenvalue weighted by Gasteiger charge is 2.42. The van der Waals surface area contributed by atoms with E-state index >= 15 is 0 Å². The molecule has 7 heteroatoms. The van der Waals surface area contributed by atoms with Gasteiger partial charge in [-0.15, -0.1) is 0 Å². The van der Waals surface area contributed by atoms with Gasteiger partial charge in [-0.3, -0.25) is 0 Å². The van der Waals surface area contributed by atoms with Gasteiger partial charge in [0.05, 0.1) is 22.3 Å². The summed E-state index contributed by atoms with van der Waals surface area (Å²) in [6.45, 7) is 0. The fraction of sp³-hybridized carbons (Fsp3) is 0.136. The van der Waals surface area contributed by atoms with Crippen LogP contribution < -0.4 is 4.74 Å². The number of fused-ring (bicyclic) bond motifs is 3. The number of hydrogen-bond donors (Lipinski definition) is 1. The average molecular weight is 490 g/mol.